The van der Waals surface area contributed by atoms with Crippen molar-refractivity contribution >= 4 is 11.6 Å². The Morgan fingerprint density at radius 3 is 2.80 bits per heavy atom. The standard InChI is InChI=1S/C11H16ClNO2/c1-2-10(7-14)13-6-8-5-9(12)3-4-11(8)15/h3-5,10,13-15H,2,6-7H2,1H3/t10-/m0/s1. The fourth-order valence-electron chi connectivity index (χ4n) is 1.29. The van der Waals surface area contributed by atoms with Crippen molar-refractivity contribution in [3.8, 4) is 5.75 Å². The Balaban J connectivity index is 2.60. The highest BCUT2D eigenvalue weighted by atomic mass is 35.5. The first-order valence-corrected chi connectivity index (χ1v) is 5.36. The van der Waals surface area contributed by atoms with Gasteiger partial charge in [0, 0.05) is 23.2 Å². The highest BCUT2D eigenvalue weighted by molar-refractivity contribution is 6.30. The lowest BCUT2D eigenvalue weighted by molar-refractivity contribution is 0.238. The van der Waals surface area contributed by atoms with Gasteiger partial charge >= 0.3 is 0 Å². The van der Waals surface area contributed by atoms with Crippen LogP contribution in [0.2, 0.25) is 5.02 Å². The van der Waals surface area contributed by atoms with Crippen molar-refractivity contribution in [3.05, 3.63) is 28.8 Å². The van der Waals surface area contributed by atoms with E-state index in [0.717, 1.165) is 12.0 Å². The lowest BCUT2D eigenvalue weighted by Crippen LogP contribution is -2.31. The second-order valence-electron chi connectivity index (χ2n) is 3.44. The monoisotopic (exact) mass is 229 g/mol. The van der Waals surface area contributed by atoms with E-state index < -0.39 is 0 Å². The number of rotatable bonds is 5. The van der Waals surface area contributed by atoms with Crippen molar-refractivity contribution in [3.63, 3.8) is 0 Å². The van der Waals surface area contributed by atoms with Crippen LogP contribution in [0.25, 0.3) is 0 Å². The van der Waals surface area contributed by atoms with Crippen LogP contribution >= 0.6 is 11.6 Å². The molecule has 0 heterocycles. The van der Waals surface area contributed by atoms with Crippen molar-refractivity contribution < 1.29 is 10.2 Å². The molecule has 0 saturated carbocycles. The smallest absolute Gasteiger partial charge is 0.120 e. The number of phenols is 1. The molecule has 0 fully saturated rings. The molecule has 0 aliphatic heterocycles. The number of halogens is 1. The van der Waals surface area contributed by atoms with E-state index in [0.29, 0.717) is 11.6 Å². The molecule has 0 spiro atoms. The number of aromatic hydroxyl groups is 1. The molecule has 15 heavy (non-hydrogen) atoms. The molecule has 0 bridgehead atoms. The second-order valence-corrected chi connectivity index (χ2v) is 3.88. The third-order valence-corrected chi connectivity index (χ3v) is 2.57. The lowest BCUT2D eigenvalue weighted by atomic mass is 10.1. The number of hydrogen-bond donors (Lipinski definition) is 3. The van der Waals surface area contributed by atoms with E-state index in [9.17, 15) is 5.11 Å². The van der Waals surface area contributed by atoms with Gasteiger partial charge in [-0.05, 0) is 24.6 Å². The van der Waals surface area contributed by atoms with Gasteiger partial charge < -0.3 is 15.5 Å². The van der Waals surface area contributed by atoms with E-state index in [1.165, 1.54) is 0 Å². The highest BCUT2D eigenvalue weighted by Crippen LogP contribution is 2.21. The summed E-state index contributed by atoms with van der Waals surface area (Å²) < 4.78 is 0. The summed E-state index contributed by atoms with van der Waals surface area (Å²) in [5, 5.41) is 22.2. The van der Waals surface area contributed by atoms with Crippen molar-refractivity contribution in [1.82, 2.24) is 5.32 Å². The fraction of sp³-hybridized carbons (Fsp3) is 0.455. The first-order chi connectivity index (χ1) is 7.17. The zero-order chi connectivity index (χ0) is 11.3. The molecule has 3 N–H and O–H groups in total. The molecule has 1 atom stereocenters. The van der Waals surface area contributed by atoms with Gasteiger partial charge in [-0.25, -0.2) is 0 Å². The van der Waals surface area contributed by atoms with Gasteiger partial charge in [-0.1, -0.05) is 18.5 Å². The average Bonchev–Trinajstić information content (AvgIpc) is 2.24. The van der Waals surface area contributed by atoms with Crippen LogP contribution in [0, 0.1) is 0 Å². The number of phenolic OH excluding ortho intramolecular Hbond substituents is 1. The van der Waals surface area contributed by atoms with Crippen molar-refractivity contribution in [1.29, 1.82) is 0 Å². The number of aliphatic hydroxyl groups is 1. The molecule has 0 unspecified atom stereocenters. The van der Waals surface area contributed by atoms with Gasteiger partial charge in [-0.2, -0.15) is 0 Å². The number of hydrogen-bond acceptors (Lipinski definition) is 3. The summed E-state index contributed by atoms with van der Waals surface area (Å²) in [5.74, 6) is 0.222. The molecule has 0 saturated heterocycles. The van der Waals surface area contributed by atoms with Crippen LogP contribution in [0.5, 0.6) is 5.75 Å². The maximum absolute atomic E-state index is 9.53. The summed E-state index contributed by atoms with van der Waals surface area (Å²) in [6.45, 7) is 2.59. The van der Waals surface area contributed by atoms with Gasteiger partial charge in [0.15, 0.2) is 0 Å². The van der Waals surface area contributed by atoms with Gasteiger partial charge in [-0.3, -0.25) is 0 Å². The minimum Gasteiger partial charge on any atom is -0.508 e. The lowest BCUT2D eigenvalue weighted by Gasteiger charge is -2.14. The Labute approximate surface area is 94.7 Å². The summed E-state index contributed by atoms with van der Waals surface area (Å²) in [4.78, 5) is 0. The minimum absolute atomic E-state index is 0.0587. The van der Waals surface area contributed by atoms with Gasteiger partial charge in [0.05, 0.1) is 6.61 Å². The summed E-state index contributed by atoms with van der Waals surface area (Å²) in [5.41, 5.74) is 0.745. The number of aliphatic hydroxyl groups excluding tert-OH is 1. The van der Waals surface area contributed by atoms with E-state index in [2.05, 4.69) is 5.32 Å². The predicted octanol–water partition coefficient (Wildman–Crippen LogP) is 1.91. The maximum atomic E-state index is 9.53. The third-order valence-electron chi connectivity index (χ3n) is 2.34. The summed E-state index contributed by atoms with van der Waals surface area (Å²) in [7, 11) is 0. The summed E-state index contributed by atoms with van der Waals surface area (Å²) >= 11 is 5.81. The Bertz CT molecular complexity index is 313. The molecular formula is C11H16ClNO2. The molecule has 0 aliphatic rings. The van der Waals surface area contributed by atoms with E-state index >= 15 is 0 Å². The van der Waals surface area contributed by atoms with Crippen molar-refractivity contribution in [2.24, 2.45) is 0 Å². The first-order valence-electron chi connectivity index (χ1n) is 4.99. The third kappa shape index (κ3) is 3.70. The van der Waals surface area contributed by atoms with Crippen LogP contribution in [-0.2, 0) is 6.54 Å². The Hall–Kier alpha value is -0.770. The van der Waals surface area contributed by atoms with Crippen molar-refractivity contribution in [2.45, 2.75) is 25.9 Å². The highest BCUT2D eigenvalue weighted by Gasteiger charge is 2.06. The number of nitrogens with one attached hydrogen (secondary N) is 1. The van der Waals surface area contributed by atoms with Crippen LogP contribution in [-0.4, -0.2) is 22.9 Å². The molecule has 1 aromatic carbocycles. The van der Waals surface area contributed by atoms with Crippen LogP contribution in [0.1, 0.15) is 18.9 Å². The van der Waals surface area contributed by atoms with E-state index in [1.54, 1.807) is 18.2 Å². The van der Waals surface area contributed by atoms with Gasteiger partial charge in [0.25, 0.3) is 0 Å². The molecule has 0 aromatic heterocycles. The van der Waals surface area contributed by atoms with E-state index in [-0.39, 0.29) is 18.4 Å². The SMILES string of the molecule is CC[C@@H](CO)NCc1cc(Cl)ccc1O. The molecule has 1 rings (SSSR count). The summed E-state index contributed by atoms with van der Waals surface area (Å²) in [6, 6.07) is 4.99. The molecule has 3 nitrogen and oxygen atoms in total. The second kappa shape index (κ2) is 5.95. The average molecular weight is 230 g/mol. The van der Waals surface area contributed by atoms with Crippen LogP contribution in [0.4, 0.5) is 0 Å². The quantitative estimate of drug-likeness (QED) is 0.723. The van der Waals surface area contributed by atoms with E-state index in [1.807, 2.05) is 6.92 Å². The Morgan fingerprint density at radius 2 is 2.20 bits per heavy atom. The molecule has 84 valence electrons. The Kier molecular flexibility index (Phi) is 4.88. The predicted molar refractivity (Wildman–Crippen MR) is 61.1 cm³/mol. The first kappa shape index (κ1) is 12.3. The van der Waals surface area contributed by atoms with E-state index in [4.69, 9.17) is 16.7 Å². The minimum atomic E-state index is 0.0587. The fourth-order valence-corrected chi connectivity index (χ4v) is 1.48. The van der Waals surface area contributed by atoms with Crippen LogP contribution in [0.3, 0.4) is 0 Å². The zero-order valence-corrected chi connectivity index (χ0v) is 9.46. The molecule has 4 heteroatoms. The normalized spacial score (nSPS) is 12.7. The van der Waals surface area contributed by atoms with Gasteiger partial charge in [0.2, 0.25) is 0 Å². The molecule has 0 aliphatic carbocycles. The van der Waals surface area contributed by atoms with Crippen LogP contribution < -0.4 is 5.32 Å². The molecule has 1 aromatic rings. The number of benzene rings is 1. The largest absolute Gasteiger partial charge is 0.508 e. The molecule has 0 amide bonds. The molecular weight excluding hydrogens is 214 g/mol. The Morgan fingerprint density at radius 1 is 1.47 bits per heavy atom. The van der Waals surface area contributed by atoms with Gasteiger partial charge in [-0.15, -0.1) is 0 Å². The van der Waals surface area contributed by atoms with Crippen molar-refractivity contribution in [2.75, 3.05) is 6.61 Å². The molecule has 0 radical (unpaired) electrons. The topological polar surface area (TPSA) is 52.5 Å². The van der Waals surface area contributed by atoms with Crippen LogP contribution in [0.15, 0.2) is 18.2 Å². The summed E-state index contributed by atoms with van der Waals surface area (Å²) in [6.07, 6.45) is 0.845. The maximum Gasteiger partial charge on any atom is 0.120 e. The zero-order valence-electron chi connectivity index (χ0n) is 8.70. The van der Waals surface area contributed by atoms with Gasteiger partial charge in [0.1, 0.15) is 5.75 Å².